The molecule has 0 spiro atoms. The molecule has 1 unspecified atom stereocenters. The second-order valence-electron chi connectivity index (χ2n) is 7.23. The molecule has 0 saturated carbocycles. The monoisotopic (exact) mass is 289 g/mol. The van der Waals surface area contributed by atoms with Gasteiger partial charge in [-0.05, 0) is 46.0 Å². The zero-order valence-corrected chi connectivity index (χ0v) is 14.1. The van der Waals surface area contributed by atoms with Gasteiger partial charge < -0.3 is 0 Å². The SMILES string of the molecule is CC(C)CCCCC1CCCN(C(C)(C)C)S1(=O)=O. The summed E-state index contributed by atoms with van der Waals surface area (Å²) in [5.74, 6) is 0.717. The number of nitrogens with zero attached hydrogens (tertiary/aromatic N) is 1. The maximum atomic E-state index is 12.6. The molecular weight excluding hydrogens is 258 g/mol. The summed E-state index contributed by atoms with van der Waals surface area (Å²) in [5, 5.41) is -0.146. The predicted octanol–water partition coefficient (Wildman–Crippen LogP) is 3.80. The van der Waals surface area contributed by atoms with Crippen molar-refractivity contribution >= 4 is 10.0 Å². The molecule has 0 aromatic rings. The molecule has 0 aromatic heterocycles. The van der Waals surface area contributed by atoms with Crippen LogP contribution in [0, 0.1) is 5.92 Å². The Kier molecular flexibility index (Phi) is 5.87. The summed E-state index contributed by atoms with van der Waals surface area (Å²) < 4.78 is 26.9. The minimum atomic E-state index is -3.09. The fourth-order valence-electron chi connectivity index (χ4n) is 2.85. The van der Waals surface area contributed by atoms with Gasteiger partial charge in [-0.3, -0.25) is 0 Å². The van der Waals surface area contributed by atoms with E-state index in [0.717, 1.165) is 32.1 Å². The smallest absolute Gasteiger partial charge is 0.212 e. The minimum Gasteiger partial charge on any atom is -0.212 e. The summed E-state index contributed by atoms with van der Waals surface area (Å²) in [4.78, 5) is 0. The van der Waals surface area contributed by atoms with E-state index in [0.29, 0.717) is 12.5 Å². The highest BCUT2D eigenvalue weighted by atomic mass is 32.2. The van der Waals surface area contributed by atoms with Crippen LogP contribution < -0.4 is 0 Å². The molecular formula is C15H31NO2S. The zero-order chi connectivity index (χ0) is 14.7. The van der Waals surface area contributed by atoms with E-state index < -0.39 is 10.0 Å². The highest BCUT2D eigenvalue weighted by Gasteiger charge is 2.40. The van der Waals surface area contributed by atoms with Crippen LogP contribution >= 0.6 is 0 Å². The second-order valence-corrected chi connectivity index (χ2v) is 9.37. The molecule has 1 fully saturated rings. The topological polar surface area (TPSA) is 37.4 Å². The molecule has 0 aliphatic carbocycles. The van der Waals surface area contributed by atoms with Crippen LogP contribution in [0.1, 0.15) is 73.1 Å². The molecule has 1 rings (SSSR count). The summed E-state index contributed by atoms with van der Waals surface area (Å²) in [7, 11) is -3.09. The molecule has 19 heavy (non-hydrogen) atoms. The lowest BCUT2D eigenvalue weighted by atomic mass is 10.0. The Morgan fingerprint density at radius 3 is 2.37 bits per heavy atom. The normalized spacial score (nSPS) is 24.8. The van der Waals surface area contributed by atoms with Gasteiger partial charge in [0.1, 0.15) is 0 Å². The molecule has 1 aliphatic rings. The molecule has 1 heterocycles. The summed E-state index contributed by atoms with van der Waals surface area (Å²) in [6.45, 7) is 11.1. The van der Waals surface area contributed by atoms with Gasteiger partial charge >= 0.3 is 0 Å². The van der Waals surface area contributed by atoms with Gasteiger partial charge in [-0.1, -0.05) is 33.1 Å². The summed E-state index contributed by atoms with van der Waals surface area (Å²) in [5.41, 5.74) is -0.282. The Bertz CT molecular complexity index is 368. The number of hydrogen-bond donors (Lipinski definition) is 0. The molecule has 1 aliphatic heterocycles. The Morgan fingerprint density at radius 2 is 1.84 bits per heavy atom. The van der Waals surface area contributed by atoms with Crippen LogP contribution in [0.25, 0.3) is 0 Å². The van der Waals surface area contributed by atoms with E-state index in [1.54, 1.807) is 4.31 Å². The second kappa shape index (κ2) is 6.57. The van der Waals surface area contributed by atoms with Crippen molar-refractivity contribution in [3.05, 3.63) is 0 Å². The fraction of sp³-hybridized carbons (Fsp3) is 1.00. The van der Waals surface area contributed by atoms with Crippen molar-refractivity contribution in [2.24, 2.45) is 5.92 Å². The molecule has 114 valence electrons. The van der Waals surface area contributed by atoms with Crippen molar-refractivity contribution in [2.45, 2.75) is 83.9 Å². The minimum absolute atomic E-state index is 0.146. The summed E-state index contributed by atoms with van der Waals surface area (Å²) in [6, 6.07) is 0. The van der Waals surface area contributed by atoms with E-state index in [1.807, 2.05) is 20.8 Å². The van der Waals surface area contributed by atoms with Crippen molar-refractivity contribution in [3.63, 3.8) is 0 Å². The largest absolute Gasteiger partial charge is 0.217 e. The highest BCUT2D eigenvalue weighted by molar-refractivity contribution is 7.89. The van der Waals surface area contributed by atoms with Gasteiger partial charge in [-0.25, -0.2) is 8.42 Å². The first kappa shape index (κ1) is 17.0. The van der Waals surface area contributed by atoms with Crippen molar-refractivity contribution in [1.29, 1.82) is 0 Å². The fourth-order valence-corrected chi connectivity index (χ4v) is 5.29. The number of hydrogen-bond acceptors (Lipinski definition) is 2. The zero-order valence-electron chi connectivity index (χ0n) is 13.3. The van der Waals surface area contributed by atoms with Crippen LogP contribution in [0.15, 0.2) is 0 Å². The first-order valence-corrected chi connectivity index (χ1v) is 9.17. The number of unbranched alkanes of at least 4 members (excludes halogenated alkanes) is 1. The van der Waals surface area contributed by atoms with E-state index in [-0.39, 0.29) is 10.8 Å². The standard InChI is InChI=1S/C15H31NO2S/c1-13(2)9-6-7-10-14-11-8-12-16(15(3,4)5)19(14,17)18/h13-14H,6-12H2,1-5H3. The van der Waals surface area contributed by atoms with E-state index >= 15 is 0 Å². The molecule has 0 radical (unpaired) electrons. The van der Waals surface area contributed by atoms with Gasteiger partial charge in [0.05, 0.1) is 5.25 Å². The molecule has 1 saturated heterocycles. The van der Waals surface area contributed by atoms with Crippen LogP contribution in [0.4, 0.5) is 0 Å². The van der Waals surface area contributed by atoms with Gasteiger partial charge in [0.2, 0.25) is 10.0 Å². The lowest BCUT2D eigenvalue weighted by Gasteiger charge is -2.40. The molecule has 0 aromatic carbocycles. The van der Waals surface area contributed by atoms with Crippen molar-refractivity contribution < 1.29 is 8.42 Å². The van der Waals surface area contributed by atoms with Gasteiger partial charge in [0.15, 0.2) is 0 Å². The Hall–Kier alpha value is -0.0900. The van der Waals surface area contributed by atoms with E-state index in [2.05, 4.69) is 13.8 Å². The van der Waals surface area contributed by atoms with Crippen LogP contribution in [0.5, 0.6) is 0 Å². The molecule has 0 amide bonds. The number of rotatable bonds is 5. The van der Waals surface area contributed by atoms with Crippen LogP contribution in [0.3, 0.4) is 0 Å². The Morgan fingerprint density at radius 1 is 1.21 bits per heavy atom. The summed E-state index contributed by atoms with van der Waals surface area (Å²) >= 11 is 0. The third kappa shape index (κ3) is 4.75. The van der Waals surface area contributed by atoms with E-state index in [9.17, 15) is 8.42 Å². The van der Waals surface area contributed by atoms with Crippen LogP contribution in [-0.4, -0.2) is 30.1 Å². The average molecular weight is 289 g/mol. The highest BCUT2D eigenvalue weighted by Crippen LogP contribution is 2.31. The van der Waals surface area contributed by atoms with Gasteiger partial charge in [-0.15, -0.1) is 0 Å². The van der Waals surface area contributed by atoms with Gasteiger partial charge in [0, 0.05) is 12.1 Å². The lowest BCUT2D eigenvalue weighted by molar-refractivity contribution is 0.226. The van der Waals surface area contributed by atoms with E-state index in [1.165, 1.54) is 6.42 Å². The molecule has 0 N–H and O–H groups in total. The van der Waals surface area contributed by atoms with Crippen molar-refractivity contribution in [1.82, 2.24) is 4.31 Å². The van der Waals surface area contributed by atoms with Gasteiger partial charge in [-0.2, -0.15) is 4.31 Å². The number of sulfonamides is 1. The maximum Gasteiger partial charge on any atom is 0.217 e. The summed E-state index contributed by atoms with van der Waals surface area (Å²) in [6.07, 6.45) is 6.08. The van der Waals surface area contributed by atoms with E-state index in [4.69, 9.17) is 0 Å². The van der Waals surface area contributed by atoms with Crippen LogP contribution in [0.2, 0.25) is 0 Å². The lowest BCUT2D eigenvalue weighted by Crippen LogP contribution is -2.52. The Balaban J connectivity index is 2.59. The van der Waals surface area contributed by atoms with Gasteiger partial charge in [0.25, 0.3) is 0 Å². The molecule has 1 atom stereocenters. The quantitative estimate of drug-likeness (QED) is 0.722. The van der Waals surface area contributed by atoms with Crippen molar-refractivity contribution in [3.8, 4) is 0 Å². The molecule has 4 heteroatoms. The first-order chi connectivity index (χ1) is 8.65. The third-order valence-electron chi connectivity index (χ3n) is 3.92. The predicted molar refractivity (Wildman–Crippen MR) is 81.7 cm³/mol. The average Bonchev–Trinajstić information content (AvgIpc) is 2.23. The van der Waals surface area contributed by atoms with Crippen molar-refractivity contribution in [2.75, 3.05) is 6.54 Å². The maximum absolute atomic E-state index is 12.6. The molecule has 3 nitrogen and oxygen atoms in total. The third-order valence-corrected chi connectivity index (χ3v) is 6.58. The first-order valence-electron chi connectivity index (χ1n) is 7.67. The van der Waals surface area contributed by atoms with Crippen LogP contribution in [-0.2, 0) is 10.0 Å². The Labute approximate surface area is 119 Å². The molecule has 0 bridgehead atoms.